The third-order valence-electron chi connectivity index (χ3n) is 2.14. The lowest BCUT2D eigenvalue weighted by molar-refractivity contribution is 0.0455. The first-order valence-electron chi connectivity index (χ1n) is 4.39. The van der Waals surface area contributed by atoms with Crippen molar-refractivity contribution in [1.29, 1.82) is 0 Å². The molecule has 0 radical (unpaired) electrons. The smallest absolute Gasteiger partial charge is 0.0608 e. The lowest BCUT2D eigenvalue weighted by Gasteiger charge is -2.25. The van der Waals surface area contributed by atoms with Gasteiger partial charge in [-0.2, -0.15) is 0 Å². The molecule has 1 aromatic rings. The van der Waals surface area contributed by atoms with Gasteiger partial charge in [0.25, 0.3) is 0 Å². The summed E-state index contributed by atoms with van der Waals surface area (Å²) in [4.78, 5) is 0. The van der Waals surface area contributed by atoms with Crippen LogP contribution in [0.25, 0.3) is 0 Å². The van der Waals surface area contributed by atoms with Crippen LogP contribution in [0.5, 0.6) is 0 Å². The van der Waals surface area contributed by atoms with Crippen LogP contribution in [0.15, 0.2) is 24.3 Å². The standard InChI is InChI=1S/C10H13NOS/c11-10-4-2-1-3-8(10)7-13-9-5-12-6-9/h1-4,9H,5-7,11H2. The molecule has 0 bridgehead atoms. The molecule has 2 N–H and O–H groups in total. The van der Waals surface area contributed by atoms with Crippen molar-refractivity contribution in [1.82, 2.24) is 0 Å². The fourth-order valence-corrected chi connectivity index (χ4v) is 2.25. The molecule has 1 aliphatic rings. The summed E-state index contributed by atoms with van der Waals surface area (Å²) in [6.45, 7) is 1.80. The van der Waals surface area contributed by atoms with Gasteiger partial charge in [-0.3, -0.25) is 0 Å². The van der Waals surface area contributed by atoms with Crippen LogP contribution in [-0.2, 0) is 10.5 Å². The SMILES string of the molecule is Nc1ccccc1CSC1COC1. The monoisotopic (exact) mass is 195 g/mol. The molecular weight excluding hydrogens is 182 g/mol. The lowest BCUT2D eigenvalue weighted by Crippen LogP contribution is -2.30. The first-order chi connectivity index (χ1) is 6.36. The third-order valence-corrected chi connectivity index (χ3v) is 3.36. The predicted octanol–water partition coefficient (Wildman–Crippen LogP) is 1.90. The minimum Gasteiger partial charge on any atom is -0.398 e. The molecule has 0 unspecified atom stereocenters. The van der Waals surface area contributed by atoms with Crippen molar-refractivity contribution in [2.75, 3.05) is 18.9 Å². The van der Waals surface area contributed by atoms with Gasteiger partial charge in [-0.05, 0) is 11.6 Å². The summed E-state index contributed by atoms with van der Waals surface area (Å²) in [6, 6.07) is 8.04. The molecule has 70 valence electrons. The highest BCUT2D eigenvalue weighted by atomic mass is 32.2. The highest BCUT2D eigenvalue weighted by Crippen LogP contribution is 2.25. The van der Waals surface area contributed by atoms with Crippen molar-refractivity contribution < 1.29 is 4.74 Å². The average molecular weight is 195 g/mol. The molecule has 1 aromatic carbocycles. The quantitative estimate of drug-likeness (QED) is 0.748. The minimum absolute atomic E-state index is 0.680. The Morgan fingerprint density at radius 1 is 1.38 bits per heavy atom. The molecule has 2 nitrogen and oxygen atoms in total. The number of para-hydroxylation sites is 1. The van der Waals surface area contributed by atoms with E-state index in [1.54, 1.807) is 0 Å². The molecule has 1 saturated heterocycles. The number of nitrogens with two attached hydrogens (primary N) is 1. The van der Waals surface area contributed by atoms with Crippen LogP contribution in [0.2, 0.25) is 0 Å². The zero-order valence-electron chi connectivity index (χ0n) is 7.40. The van der Waals surface area contributed by atoms with Crippen molar-refractivity contribution in [2.45, 2.75) is 11.0 Å². The molecule has 0 aliphatic carbocycles. The number of nitrogen functional groups attached to an aromatic ring is 1. The van der Waals surface area contributed by atoms with Gasteiger partial charge in [0, 0.05) is 11.4 Å². The molecule has 0 spiro atoms. The molecule has 3 heteroatoms. The van der Waals surface area contributed by atoms with E-state index in [0.717, 1.165) is 24.7 Å². The summed E-state index contributed by atoms with van der Waals surface area (Å²) < 4.78 is 5.10. The fourth-order valence-electron chi connectivity index (χ4n) is 1.18. The van der Waals surface area contributed by atoms with Gasteiger partial charge in [-0.15, -0.1) is 11.8 Å². The van der Waals surface area contributed by atoms with Gasteiger partial charge in [0.1, 0.15) is 0 Å². The van der Waals surface area contributed by atoms with Crippen molar-refractivity contribution in [3.63, 3.8) is 0 Å². The number of thioether (sulfide) groups is 1. The number of ether oxygens (including phenoxy) is 1. The maximum atomic E-state index is 5.82. The van der Waals surface area contributed by atoms with Gasteiger partial charge < -0.3 is 10.5 Å². The molecule has 1 heterocycles. The second-order valence-corrected chi connectivity index (χ2v) is 4.46. The zero-order valence-corrected chi connectivity index (χ0v) is 8.22. The first-order valence-corrected chi connectivity index (χ1v) is 5.44. The Balaban J connectivity index is 1.89. The Morgan fingerprint density at radius 2 is 2.15 bits per heavy atom. The lowest BCUT2D eigenvalue weighted by atomic mass is 10.2. The summed E-state index contributed by atoms with van der Waals surface area (Å²) >= 11 is 1.93. The fraction of sp³-hybridized carbons (Fsp3) is 0.400. The van der Waals surface area contributed by atoms with E-state index in [-0.39, 0.29) is 0 Å². The van der Waals surface area contributed by atoms with Crippen molar-refractivity contribution in [2.24, 2.45) is 0 Å². The topological polar surface area (TPSA) is 35.2 Å². The van der Waals surface area contributed by atoms with Crippen molar-refractivity contribution >= 4 is 17.4 Å². The van der Waals surface area contributed by atoms with E-state index < -0.39 is 0 Å². The Hall–Kier alpha value is -0.670. The third kappa shape index (κ3) is 2.17. The van der Waals surface area contributed by atoms with E-state index in [1.165, 1.54) is 5.56 Å². The Morgan fingerprint density at radius 3 is 2.77 bits per heavy atom. The van der Waals surface area contributed by atoms with Crippen LogP contribution in [0.1, 0.15) is 5.56 Å². The Kier molecular flexibility index (Phi) is 2.76. The van der Waals surface area contributed by atoms with E-state index in [9.17, 15) is 0 Å². The Labute approximate surface area is 82.5 Å². The molecule has 0 atom stereocenters. The van der Waals surface area contributed by atoms with Crippen LogP contribution >= 0.6 is 11.8 Å². The van der Waals surface area contributed by atoms with Gasteiger partial charge in [0.2, 0.25) is 0 Å². The number of anilines is 1. The van der Waals surface area contributed by atoms with Gasteiger partial charge in [-0.25, -0.2) is 0 Å². The molecule has 1 aliphatic heterocycles. The first kappa shape index (κ1) is 8.91. The summed E-state index contributed by atoms with van der Waals surface area (Å²) in [6.07, 6.45) is 0. The molecular formula is C10H13NOS. The minimum atomic E-state index is 0.680. The largest absolute Gasteiger partial charge is 0.398 e. The number of rotatable bonds is 3. The van der Waals surface area contributed by atoms with Gasteiger partial charge >= 0.3 is 0 Å². The molecule has 2 rings (SSSR count). The summed E-state index contributed by atoms with van der Waals surface area (Å²) in [5.41, 5.74) is 7.96. The summed E-state index contributed by atoms with van der Waals surface area (Å²) in [5, 5.41) is 0.680. The van der Waals surface area contributed by atoms with Crippen LogP contribution in [-0.4, -0.2) is 18.5 Å². The highest BCUT2D eigenvalue weighted by Gasteiger charge is 2.18. The van der Waals surface area contributed by atoms with Crippen molar-refractivity contribution in [3.8, 4) is 0 Å². The van der Waals surface area contributed by atoms with Gasteiger partial charge in [0.15, 0.2) is 0 Å². The second kappa shape index (κ2) is 4.03. The highest BCUT2D eigenvalue weighted by molar-refractivity contribution is 7.99. The summed E-state index contributed by atoms with van der Waals surface area (Å²) in [7, 11) is 0. The zero-order chi connectivity index (χ0) is 9.10. The maximum Gasteiger partial charge on any atom is 0.0608 e. The number of hydrogen-bond donors (Lipinski definition) is 1. The van der Waals surface area contributed by atoms with Gasteiger partial charge in [-0.1, -0.05) is 18.2 Å². The molecule has 0 aromatic heterocycles. The summed E-state index contributed by atoms with van der Waals surface area (Å²) in [5.74, 6) is 1.00. The number of benzene rings is 1. The average Bonchev–Trinajstić information content (AvgIpc) is 2.05. The second-order valence-electron chi connectivity index (χ2n) is 3.17. The normalized spacial score (nSPS) is 16.9. The molecule has 0 saturated carbocycles. The van der Waals surface area contributed by atoms with E-state index in [2.05, 4.69) is 6.07 Å². The van der Waals surface area contributed by atoms with E-state index >= 15 is 0 Å². The van der Waals surface area contributed by atoms with E-state index in [4.69, 9.17) is 10.5 Å². The van der Waals surface area contributed by atoms with E-state index in [0.29, 0.717) is 5.25 Å². The van der Waals surface area contributed by atoms with Crippen LogP contribution in [0.3, 0.4) is 0 Å². The van der Waals surface area contributed by atoms with Gasteiger partial charge in [0.05, 0.1) is 18.5 Å². The Bertz CT molecular complexity index is 286. The van der Waals surface area contributed by atoms with Crippen LogP contribution in [0, 0.1) is 0 Å². The predicted molar refractivity (Wildman–Crippen MR) is 56.8 cm³/mol. The van der Waals surface area contributed by atoms with Crippen LogP contribution in [0.4, 0.5) is 5.69 Å². The van der Waals surface area contributed by atoms with Crippen LogP contribution < -0.4 is 5.73 Å². The maximum absolute atomic E-state index is 5.82. The number of hydrogen-bond acceptors (Lipinski definition) is 3. The molecule has 0 amide bonds. The molecule has 1 fully saturated rings. The van der Waals surface area contributed by atoms with Crippen molar-refractivity contribution in [3.05, 3.63) is 29.8 Å². The van der Waals surface area contributed by atoms with E-state index in [1.807, 2.05) is 30.0 Å². The molecule has 13 heavy (non-hydrogen) atoms.